The number of amidine groups is 1. The van der Waals surface area contributed by atoms with Crippen LogP contribution < -0.4 is 5.32 Å². The number of rotatable bonds is 4. The number of carbonyl (C=O) groups is 2. The van der Waals surface area contributed by atoms with Crippen molar-refractivity contribution in [3.05, 3.63) is 42.5 Å². The van der Waals surface area contributed by atoms with Crippen LogP contribution in [-0.2, 0) is 9.47 Å². The zero-order valence-electron chi connectivity index (χ0n) is 16.9. The second-order valence-corrected chi connectivity index (χ2v) is 7.93. The van der Waals surface area contributed by atoms with Crippen LogP contribution in [0.25, 0.3) is 5.70 Å². The van der Waals surface area contributed by atoms with E-state index in [2.05, 4.69) is 11.9 Å². The summed E-state index contributed by atoms with van der Waals surface area (Å²) in [6.45, 7) is 14.1. The van der Waals surface area contributed by atoms with Crippen LogP contribution in [0.5, 0.6) is 0 Å². The van der Waals surface area contributed by atoms with Crippen LogP contribution in [0, 0.1) is 5.41 Å². The summed E-state index contributed by atoms with van der Waals surface area (Å²) >= 11 is 0. The number of benzene rings is 1. The van der Waals surface area contributed by atoms with Crippen molar-refractivity contribution in [2.75, 3.05) is 6.54 Å². The van der Waals surface area contributed by atoms with Crippen molar-refractivity contribution >= 4 is 23.7 Å². The average molecular weight is 375 g/mol. The van der Waals surface area contributed by atoms with Gasteiger partial charge >= 0.3 is 12.2 Å². The van der Waals surface area contributed by atoms with Crippen molar-refractivity contribution in [2.45, 2.75) is 52.7 Å². The Bertz CT molecular complexity index is 700. The molecule has 0 radical (unpaired) electrons. The molecule has 7 nitrogen and oxygen atoms in total. The van der Waals surface area contributed by atoms with Crippen LogP contribution in [0.15, 0.2) is 36.9 Å². The molecule has 0 spiro atoms. The van der Waals surface area contributed by atoms with E-state index in [1.807, 2.05) is 6.07 Å². The van der Waals surface area contributed by atoms with Gasteiger partial charge in [-0.25, -0.2) is 14.5 Å². The van der Waals surface area contributed by atoms with Gasteiger partial charge in [0.25, 0.3) is 0 Å². The fourth-order valence-electron chi connectivity index (χ4n) is 2.00. The Morgan fingerprint density at radius 3 is 2.04 bits per heavy atom. The molecule has 0 unspecified atom stereocenters. The number of amides is 2. The van der Waals surface area contributed by atoms with E-state index in [4.69, 9.17) is 14.9 Å². The number of carbonyl (C=O) groups excluding carboxylic acids is 2. The lowest BCUT2D eigenvalue weighted by atomic mass is 10.1. The molecule has 1 aromatic rings. The second kappa shape index (κ2) is 8.70. The van der Waals surface area contributed by atoms with Crippen molar-refractivity contribution in [3.63, 3.8) is 0 Å². The summed E-state index contributed by atoms with van der Waals surface area (Å²) in [6, 6.07) is 8.99. The predicted molar refractivity (Wildman–Crippen MR) is 106 cm³/mol. The molecule has 0 fully saturated rings. The molecule has 1 aromatic carbocycles. The minimum absolute atomic E-state index is 0.191. The molecule has 148 valence electrons. The Balaban J connectivity index is 2.96. The molecule has 2 amide bonds. The molecule has 0 atom stereocenters. The first-order valence-electron chi connectivity index (χ1n) is 8.62. The molecule has 0 bridgehead atoms. The molecular formula is C20H29N3O4. The highest BCUT2D eigenvalue weighted by Gasteiger charge is 2.28. The third kappa shape index (κ3) is 7.94. The van der Waals surface area contributed by atoms with Gasteiger partial charge in [0.1, 0.15) is 17.0 Å². The first kappa shape index (κ1) is 22.2. The topological polar surface area (TPSA) is 91.7 Å². The zero-order chi connectivity index (χ0) is 20.8. The van der Waals surface area contributed by atoms with Gasteiger partial charge in [-0.05, 0) is 47.1 Å². The maximum Gasteiger partial charge on any atom is 0.420 e. The molecule has 7 heteroatoms. The molecule has 0 aliphatic rings. The Morgan fingerprint density at radius 1 is 1.04 bits per heavy atom. The molecule has 0 heterocycles. The van der Waals surface area contributed by atoms with Crippen molar-refractivity contribution in [1.29, 1.82) is 5.41 Å². The normalized spacial score (nSPS) is 11.3. The largest absolute Gasteiger partial charge is 0.444 e. The van der Waals surface area contributed by atoms with Gasteiger partial charge in [0.15, 0.2) is 0 Å². The minimum Gasteiger partial charge on any atom is -0.444 e. The number of hydrogen-bond donors (Lipinski definition) is 2. The lowest BCUT2D eigenvalue weighted by molar-refractivity contribution is 0.0427. The summed E-state index contributed by atoms with van der Waals surface area (Å²) in [4.78, 5) is 25.5. The van der Waals surface area contributed by atoms with Crippen LogP contribution in [0.1, 0.15) is 47.1 Å². The molecule has 1 rings (SSSR count). The monoisotopic (exact) mass is 375 g/mol. The lowest BCUT2D eigenvalue weighted by Gasteiger charge is -2.29. The summed E-state index contributed by atoms with van der Waals surface area (Å²) in [5, 5.41) is 10.7. The summed E-state index contributed by atoms with van der Waals surface area (Å²) in [5.74, 6) is -0.191. The Morgan fingerprint density at radius 2 is 1.56 bits per heavy atom. The fraction of sp³-hybridized carbons (Fsp3) is 0.450. The number of alkyl carbamates (subject to hydrolysis) is 1. The first-order valence-corrected chi connectivity index (χ1v) is 8.62. The third-order valence-corrected chi connectivity index (χ3v) is 3.02. The maximum atomic E-state index is 12.6. The number of hydrogen-bond acceptors (Lipinski definition) is 5. The van der Waals surface area contributed by atoms with E-state index in [1.165, 1.54) is 0 Å². The highest BCUT2D eigenvalue weighted by atomic mass is 16.6. The van der Waals surface area contributed by atoms with E-state index in [-0.39, 0.29) is 18.1 Å². The second-order valence-electron chi connectivity index (χ2n) is 7.93. The van der Waals surface area contributed by atoms with Gasteiger partial charge in [0, 0.05) is 0 Å². The highest BCUT2D eigenvalue weighted by molar-refractivity contribution is 6.04. The molecular weight excluding hydrogens is 346 g/mol. The minimum atomic E-state index is -0.745. The quantitative estimate of drug-likeness (QED) is 0.603. The molecule has 0 saturated carbocycles. The smallest absolute Gasteiger partial charge is 0.420 e. The number of nitrogens with one attached hydrogen (secondary N) is 2. The Kier molecular flexibility index (Phi) is 7.16. The molecule has 0 aromatic heterocycles. The van der Waals surface area contributed by atoms with E-state index in [0.717, 1.165) is 4.90 Å². The van der Waals surface area contributed by atoms with Gasteiger partial charge < -0.3 is 14.8 Å². The Labute approximate surface area is 160 Å². The first-order chi connectivity index (χ1) is 12.3. The van der Waals surface area contributed by atoms with Gasteiger partial charge in [0.2, 0.25) is 0 Å². The summed E-state index contributed by atoms with van der Waals surface area (Å²) < 4.78 is 10.5. The maximum absolute atomic E-state index is 12.6. The van der Waals surface area contributed by atoms with E-state index in [0.29, 0.717) is 5.56 Å². The highest BCUT2D eigenvalue weighted by Crippen LogP contribution is 2.21. The lowest BCUT2D eigenvalue weighted by Crippen LogP contribution is -2.45. The van der Waals surface area contributed by atoms with Crippen molar-refractivity contribution in [2.24, 2.45) is 0 Å². The molecule has 0 saturated heterocycles. The number of nitrogens with zero attached hydrogens (tertiary/aromatic N) is 1. The average Bonchev–Trinajstić information content (AvgIpc) is 2.50. The summed E-state index contributed by atoms with van der Waals surface area (Å²) in [5.41, 5.74) is -0.470. The van der Waals surface area contributed by atoms with Gasteiger partial charge in [-0.1, -0.05) is 36.9 Å². The van der Waals surface area contributed by atoms with Gasteiger partial charge in [-0.15, -0.1) is 0 Å². The van der Waals surface area contributed by atoms with Gasteiger partial charge in [0.05, 0.1) is 12.2 Å². The SMILES string of the molecule is C=C(c1ccccc1)N(C(=N)CNC(=O)OC(C)(C)C)C(=O)OC(C)(C)C. The third-order valence-electron chi connectivity index (χ3n) is 3.02. The molecule has 0 aliphatic heterocycles. The summed E-state index contributed by atoms with van der Waals surface area (Å²) in [6.07, 6.45) is -1.42. The zero-order valence-corrected chi connectivity index (χ0v) is 16.9. The van der Waals surface area contributed by atoms with Crippen LogP contribution in [0.2, 0.25) is 0 Å². The molecule has 2 N–H and O–H groups in total. The molecule has 27 heavy (non-hydrogen) atoms. The summed E-state index contributed by atoms with van der Waals surface area (Å²) in [7, 11) is 0. The van der Waals surface area contributed by atoms with E-state index < -0.39 is 23.4 Å². The van der Waals surface area contributed by atoms with E-state index in [1.54, 1.807) is 65.8 Å². The Hall–Kier alpha value is -2.83. The van der Waals surface area contributed by atoms with Crippen LogP contribution in [0.4, 0.5) is 9.59 Å². The van der Waals surface area contributed by atoms with Crippen molar-refractivity contribution in [1.82, 2.24) is 10.2 Å². The van der Waals surface area contributed by atoms with Crippen LogP contribution in [0.3, 0.4) is 0 Å². The standard InChI is InChI=1S/C20H29N3O4/c1-14(15-11-9-8-10-12-15)23(18(25)27-20(5,6)7)16(21)13-22-17(24)26-19(2,3)4/h8-12,21H,1,13H2,2-7H3,(H,22,24). The predicted octanol–water partition coefficient (Wildman–Crippen LogP) is 4.40. The van der Waals surface area contributed by atoms with Crippen molar-refractivity contribution < 1.29 is 19.1 Å². The van der Waals surface area contributed by atoms with Crippen LogP contribution >= 0.6 is 0 Å². The van der Waals surface area contributed by atoms with E-state index in [9.17, 15) is 9.59 Å². The van der Waals surface area contributed by atoms with E-state index >= 15 is 0 Å². The van der Waals surface area contributed by atoms with Gasteiger partial charge in [-0.2, -0.15) is 0 Å². The van der Waals surface area contributed by atoms with Gasteiger partial charge in [-0.3, -0.25) is 5.41 Å². The molecule has 0 aliphatic carbocycles. The number of ether oxygens (including phenoxy) is 2. The van der Waals surface area contributed by atoms with Crippen LogP contribution in [-0.4, -0.2) is 40.7 Å². The van der Waals surface area contributed by atoms with Crippen molar-refractivity contribution in [3.8, 4) is 0 Å². The fourth-order valence-corrected chi connectivity index (χ4v) is 2.00.